The van der Waals surface area contributed by atoms with Crippen molar-refractivity contribution in [2.75, 3.05) is 86.9 Å². The van der Waals surface area contributed by atoms with E-state index in [1.54, 1.807) is 42.2 Å². The monoisotopic (exact) mass is 1580 g/mol. The summed E-state index contributed by atoms with van der Waals surface area (Å²) in [6, 6.07) is 7.61. The Labute approximate surface area is 620 Å². The number of hydrogen-bond donors (Lipinski definition) is 5. The Kier molecular flexibility index (Phi) is 35.5. The van der Waals surface area contributed by atoms with Gasteiger partial charge in [-0.15, -0.1) is 12.4 Å². The number of alkyl carbamates (subject to hydrolysis) is 2. The van der Waals surface area contributed by atoms with E-state index >= 15 is 0 Å². The highest BCUT2D eigenvalue weighted by Gasteiger charge is 2.32. The third kappa shape index (κ3) is 28.8. The van der Waals surface area contributed by atoms with Crippen LogP contribution in [0.15, 0.2) is 39.3 Å². The van der Waals surface area contributed by atoms with Crippen LogP contribution >= 0.6 is 23.1 Å². The minimum atomic E-state index is -3.19. The summed E-state index contributed by atoms with van der Waals surface area (Å²) in [5.41, 5.74) is 5.37. The van der Waals surface area contributed by atoms with Crippen molar-refractivity contribution in [3.05, 3.63) is 56.4 Å². The topological polar surface area (TPSA) is 433 Å². The van der Waals surface area contributed by atoms with Crippen LogP contribution < -0.4 is 38.1 Å². The maximum Gasteiger partial charge on any atom is 0.407 e. The number of aromatic nitrogens is 6. The van der Waals surface area contributed by atoms with Gasteiger partial charge in [0.1, 0.15) is 45.8 Å². The van der Waals surface area contributed by atoms with Gasteiger partial charge in [-0.1, -0.05) is 32.6 Å². The van der Waals surface area contributed by atoms with Crippen LogP contribution in [0.1, 0.15) is 195 Å². The molecule has 0 aromatic carbocycles. The summed E-state index contributed by atoms with van der Waals surface area (Å²) >= 11 is 0. The number of amides is 2. The molecule has 10 rings (SSSR count). The molecule has 31 nitrogen and oxygen atoms in total. The van der Waals surface area contributed by atoms with Crippen LogP contribution in [-0.2, 0) is 59.4 Å². The molecule has 2 amide bonds. The molecule has 1 atom stereocenters. The summed E-state index contributed by atoms with van der Waals surface area (Å²) in [4.78, 5) is 65.7. The number of nitrogens with one attached hydrogen (secondary N) is 4. The van der Waals surface area contributed by atoms with Crippen molar-refractivity contribution in [1.29, 1.82) is 10.5 Å². The van der Waals surface area contributed by atoms with Gasteiger partial charge in [-0.3, -0.25) is 22.9 Å². The molecule has 8 heterocycles. The van der Waals surface area contributed by atoms with Gasteiger partial charge in [0, 0.05) is 116 Å². The minimum Gasteiger partial charge on any atom is -0.444 e. The fraction of sp³-hybridized carbons (Fsp3) is 0.723. The van der Waals surface area contributed by atoms with E-state index in [2.05, 4.69) is 51.9 Å². The number of nitriles is 2. The molecule has 4 aromatic rings. The second-order valence-corrected chi connectivity index (χ2v) is 38.6. The average Bonchev–Trinajstić information content (AvgIpc) is 1.68. The third-order valence-corrected chi connectivity index (χ3v) is 25.2. The van der Waals surface area contributed by atoms with E-state index < -0.39 is 67.2 Å². The predicted octanol–water partition coefficient (Wildman–Crippen LogP) is 6.86. The number of carbonyl (C=O) groups excluding carboxylic acids is 2. The van der Waals surface area contributed by atoms with Crippen molar-refractivity contribution < 1.29 is 56.9 Å². The molecule has 1 unspecified atom stereocenters. The minimum absolute atomic E-state index is 0. The summed E-state index contributed by atoms with van der Waals surface area (Å²) in [5, 5.41) is 32.2. The van der Waals surface area contributed by atoms with Crippen LogP contribution in [0.25, 0.3) is 22.1 Å². The Morgan fingerprint density at radius 3 is 1.29 bits per heavy atom. The Balaban J connectivity index is 0.000000275. The summed E-state index contributed by atoms with van der Waals surface area (Å²) in [6.07, 6.45) is 17.9. The molecule has 4 aromatic heterocycles. The van der Waals surface area contributed by atoms with Crippen LogP contribution in [0, 0.1) is 22.7 Å². The lowest BCUT2D eigenvalue weighted by Crippen LogP contribution is -2.47. The first-order valence-electron chi connectivity index (χ1n) is 34.8. The number of hydrogen-bond acceptors (Lipinski definition) is 24. The zero-order valence-electron chi connectivity index (χ0n) is 61.0. The van der Waals surface area contributed by atoms with Crippen molar-refractivity contribution in [2.24, 2.45) is 5.73 Å². The summed E-state index contributed by atoms with van der Waals surface area (Å²) in [7, 11) is -9.05. The van der Waals surface area contributed by atoms with E-state index in [0.717, 1.165) is 90.1 Å². The molecule has 4 saturated heterocycles. The average molecular weight is 1580 g/mol. The molecule has 580 valence electrons. The maximum atomic E-state index is 12.9. The van der Waals surface area contributed by atoms with E-state index in [0.29, 0.717) is 93.0 Å². The molecule has 38 heteroatoms. The number of pyridine rings is 2. The number of carbonyl (C=O) groups is 2. The quantitative estimate of drug-likeness (QED) is 0.0635. The van der Waals surface area contributed by atoms with Crippen molar-refractivity contribution in [2.45, 2.75) is 225 Å². The largest absolute Gasteiger partial charge is 0.444 e. The maximum absolute atomic E-state index is 12.9. The van der Waals surface area contributed by atoms with Gasteiger partial charge >= 0.3 is 12.2 Å². The van der Waals surface area contributed by atoms with Gasteiger partial charge in [0.05, 0.1) is 33.8 Å². The number of sulfonamides is 3. The molecular weight excluding hydrogens is 1480 g/mol. The molecule has 2 aliphatic carbocycles. The molecule has 2 saturated carbocycles. The number of halogens is 2. The zero-order valence-corrected chi connectivity index (χ0v) is 66.7. The van der Waals surface area contributed by atoms with E-state index in [-0.39, 0.29) is 105 Å². The molecular formula is C65H106Cl2N16O15S5. The Morgan fingerprint density at radius 1 is 0.592 bits per heavy atom. The van der Waals surface area contributed by atoms with Gasteiger partial charge in [-0.2, -0.15) is 15.5 Å². The Morgan fingerprint density at radius 2 is 0.942 bits per heavy atom. The van der Waals surface area contributed by atoms with Crippen molar-refractivity contribution in [3.8, 4) is 12.1 Å². The molecule has 0 radical (unpaired) electrons. The number of ether oxygens (including phenoxy) is 2. The third-order valence-electron chi connectivity index (χ3n) is 17.5. The lowest BCUT2D eigenvalue weighted by Gasteiger charge is -2.31. The number of fused-ring (bicyclic) bond motifs is 2. The van der Waals surface area contributed by atoms with Gasteiger partial charge in [-0.25, -0.2) is 71.1 Å². The fourth-order valence-corrected chi connectivity index (χ4v) is 15.8. The van der Waals surface area contributed by atoms with Crippen molar-refractivity contribution in [1.82, 2.24) is 57.9 Å². The lowest BCUT2D eigenvalue weighted by atomic mass is 10.1. The molecule has 103 heavy (non-hydrogen) atoms. The molecule has 0 bridgehead atoms. The number of piperidine rings is 4. The highest BCUT2D eigenvalue weighted by Crippen LogP contribution is 2.32. The van der Waals surface area contributed by atoms with Crippen LogP contribution in [0.2, 0.25) is 0 Å². The van der Waals surface area contributed by atoms with Gasteiger partial charge < -0.3 is 36.5 Å². The van der Waals surface area contributed by atoms with Crippen molar-refractivity contribution >= 4 is 113 Å². The van der Waals surface area contributed by atoms with E-state index in [9.17, 15) is 62.3 Å². The van der Waals surface area contributed by atoms with Crippen LogP contribution in [-0.4, -0.2) is 209 Å². The molecule has 6 aliphatic rings. The van der Waals surface area contributed by atoms with Crippen LogP contribution in [0.4, 0.5) is 15.5 Å². The Bertz CT molecular complexity index is 4160. The number of nitrogens with two attached hydrogens (primary N) is 1. The smallest absolute Gasteiger partial charge is 0.407 e. The predicted molar refractivity (Wildman–Crippen MR) is 402 cm³/mol. The van der Waals surface area contributed by atoms with Gasteiger partial charge in [0.25, 0.3) is 11.1 Å². The number of anilines is 1. The molecule has 4 aliphatic heterocycles. The highest BCUT2D eigenvalue weighted by molar-refractivity contribution is 8.13. The first kappa shape index (κ1) is 89.6. The summed E-state index contributed by atoms with van der Waals surface area (Å²) in [5.74, 6) is 0.867. The van der Waals surface area contributed by atoms with E-state index in [1.807, 2.05) is 53.7 Å². The standard InChI is InChI=1S/C20H26N6O3S.C14H14N4O2S.C12H24N2O4S.C10H20N2O2.C7H16N2O2S.C2H5ClO2S.ClH/c1-2-30(28,29)25-9-7-16(8-10-25)23-20-22-13-15-11-14(12-21)19(27)26(18(15)24-20)17-5-3-4-6-17;1-21(20)14-16-8-10-6-9(7-15)13(19)18(12(10)17-14)11-4-2-3-5-11;1-5-19(16,17)14-8-6-10(7-9-14)13-11(15)18-12(2,3)4;1-10(2,3)14-9(13)12-8-4-6-11-7-5-8;1-2-12(10,11)9-5-3-7(8)4-6-9;1-2-6(3,4)5;/h11,13,16-17H,2-10H2,1H3,(H,22,23,24);6,8,11H,2-5H2,1H3;10H,5-9H2,1-4H3,(H,13,15);8,11H,4-7H2,1-3H3,(H,12,13);7H,2-6,8H2,1H3;2H2,1H3;1H. The molecule has 6 fully saturated rings. The normalized spacial score (nSPS) is 18.5. The van der Waals surface area contributed by atoms with Crippen LogP contribution in [0.3, 0.4) is 0 Å². The zero-order chi connectivity index (χ0) is 76.0. The van der Waals surface area contributed by atoms with Crippen LogP contribution in [0.5, 0.6) is 0 Å². The van der Waals surface area contributed by atoms with Crippen molar-refractivity contribution in [3.63, 3.8) is 0 Å². The van der Waals surface area contributed by atoms with Gasteiger partial charge in [-0.05, 0) is 165 Å². The van der Waals surface area contributed by atoms with Gasteiger partial charge in [0.15, 0.2) is 0 Å². The first-order chi connectivity index (χ1) is 47.8. The second-order valence-electron chi connectivity index (χ2n) is 27.5. The fourth-order valence-electron chi connectivity index (χ4n) is 12.0. The van der Waals surface area contributed by atoms with E-state index in [4.69, 9.17) is 20.5 Å². The molecule has 0 spiro atoms. The SMILES string of the molecule is CC(C)(C)OC(=O)NC1CCNCC1.CCS(=O)(=O)Cl.CCS(=O)(=O)N1CCC(N)CC1.CCS(=O)(=O)N1CCC(NC(=O)OC(C)(C)C)CC1.CCS(=O)(=O)N1CCC(Nc2ncc3cc(C#N)c(=O)n(C4CCCC4)c3n2)CC1.CS(=O)c1ncc2cc(C#N)c(=O)n(C3CCCC3)c2n1.Cl. The summed E-state index contributed by atoms with van der Waals surface area (Å²) in [6.45, 7) is 22.5. The first-order valence-corrected chi connectivity index (χ1v) is 43.7. The Hall–Kier alpha value is -5.77. The van der Waals surface area contributed by atoms with Gasteiger partial charge in [0.2, 0.25) is 50.2 Å². The summed E-state index contributed by atoms with van der Waals surface area (Å²) < 4.78 is 119. The number of rotatable bonds is 14. The van der Waals surface area contributed by atoms with E-state index in [1.165, 1.54) is 38.4 Å². The number of nitrogens with zero attached hydrogens (tertiary/aromatic N) is 11. The highest BCUT2D eigenvalue weighted by atomic mass is 35.7. The lowest BCUT2D eigenvalue weighted by molar-refractivity contribution is 0.0480. The second kappa shape index (κ2) is 40.8. The molecule has 6 N–H and O–H groups in total.